The first kappa shape index (κ1) is 16.5. The van der Waals surface area contributed by atoms with Crippen molar-refractivity contribution in [1.82, 2.24) is 30.1 Å². The molecule has 28 heavy (non-hydrogen) atoms. The molecular weight excluding hydrogens is 370 g/mol. The van der Waals surface area contributed by atoms with Gasteiger partial charge in [-0.1, -0.05) is 18.2 Å². The number of rotatable bonds is 5. The van der Waals surface area contributed by atoms with Gasteiger partial charge in [0.15, 0.2) is 11.6 Å². The summed E-state index contributed by atoms with van der Waals surface area (Å²) < 4.78 is 0. The number of aromatic amines is 1. The van der Waals surface area contributed by atoms with Crippen LogP contribution in [0.25, 0.3) is 33.0 Å². The summed E-state index contributed by atoms with van der Waals surface area (Å²) in [5.74, 6) is 2.86. The molecule has 0 aliphatic carbocycles. The summed E-state index contributed by atoms with van der Waals surface area (Å²) in [5.41, 5.74) is 1.80. The normalized spacial score (nSPS) is 11.0. The molecule has 4 aromatic heterocycles. The van der Waals surface area contributed by atoms with Crippen LogP contribution in [0.15, 0.2) is 66.3 Å². The van der Waals surface area contributed by atoms with Crippen molar-refractivity contribution in [2.75, 3.05) is 5.32 Å². The molecule has 5 aromatic rings. The quantitative estimate of drug-likeness (QED) is 0.472. The number of H-pyrrole nitrogens is 1. The van der Waals surface area contributed by atoms with Crippen LogP contribution in [0, 0.1) is 0 Å². The van der Waals surface area contributed by atoms with Crippen LogP contribution in [-0.4, -0.2) is 30.1 Å². The molecule has 7 nitrogen and oxygen atoms in total. The van der Waals surface area contributed by atoms with E-state index >= 15 is 0 Å². The highest BCUT2D eigenvalue weighted by molar-refractivity contribution is 7.13. The standard InChI is InChI=1S/C20H15N7S/c1-2-5-15-14(4-1)19(25-18(23-15)13-7-9-21-10-8-13)22-12-17-24-20(27-26-17)16-6-3-11-28-16/h1-11H,12H2,(H,22,23,25)(H,24,26,27). The van der Waals surface area contributed by atoms with Gasteiger partial charge in [0.2, 0.25) is 0 Å². The van der Waals surface area contributed by atoms with Crippen molar-refractivity contribution in [2.45, 2.75) is 6.54 Å². The molecule has 0 aliphatic heterocycles. The van der Waals surface area contributed by atoms with E-state index in [1.165, 1.54) is 0 Å². The first-order valence-corrected chi connectivity index (χ1v) is 9.61. The first-order chi connectivity index (χ1) is 13.9. The van der Waals surface area contributed by atoms with Gasteiger partial charge in [-0.15, -0.1) is 11.3 Å². The number of nitrogens with one attached hydrogen (secondary N) is 2. The maximum absolute atomic E-state index is 4.73. The van der Waals surface area contributed by atoms with Crippen molar-refractivity contribution in [1.29, 1.82) is 0 Å². The summed E-state index contributed by atoms with van der Waals surface area (Å²) in [6, 6.07) is 15.7. The Morgan fingerprint density at radius 1 is 0.893 bits per heavy atom. The van der Waals surface area contributed by atoms with Crippen LogP contribution >= 0.6 is 11.3 Å². The number of benzene rings is 1. The number of thiophene rings is 1. The van der Waals surface area contributed by atoms with Crippen LogP contribution in [0.1, 0.15) is 5.82 Å². The van der Waals surface area contributed by atoms with Crippen molar-refractivity contribution in [3.63, 3.8) is 0 Å². The van der Waals surface area contributed by atoms with Crippen LogP contribution in [0.3, 0.4) is 0 Å². The third-order valence-corrected chi connectivity index (χ3v) is 5.10. The number of aromatic nitrogens is 6. The van der Waals surface area contributed by atoms with Gasteiger partial charge < -0.3 is 5.32 Å². The third kappa shape index (κ3) is 3.21. The molecule has 0 radical (unpaired) electrons. The number of fused-ring (bicyclic) bond motifs is 1. The van der Waals surface area contributed by atoms with Gasteiger partial charge in [-0.3, -0.25) is 10.1 Å². The predicted octanol–water partition coefficient (Wildman–Crippen LogP) is 4.15. The van der Waals surface area contributed by atoms with Crippen LogP contribution in [0.5, 0.6) is 0 Å². The zero-order chi connectivity index (χ0) is 18.8. The lowest BCUT2D eigenvalue weighted by Crippen LogP contribution is -2.05. The van der Waals surface area contributed by atoms with Gasteiger partial charge in [-0.05, 0) is 35.7 Å². The Morgan fingerprint density at radius 3 is 2.64 bits per heavy atom. The molecule has 0 saturated carbocycles. The zero-order valence-corrected chi connectivity index (χ0v) is 15.5. The van der Waals surface area contributed by atoms with Crippen molar-refractivity contribution >= 4 is 28.1 Å². The maximum atomic E-state index is 4.73. The Hall–Kier alpha value is -3.65. The minimum absolute atomic E-state index is 0.481. The highest BCUT2D eigenvalue weighted by atomic mass is 32.1. The van der Waals surface area contributed by atoms with Gasteiger partial charge in [0.25, 0.3) is 0 Å². The van der Waals surface area contributed by atoms with Gasteiger partial charge >= 0.3 is 0 Å². The molecule has 5 rings (SSSR count). The highest BCUT2D eigenvalue weighted by Gasteiger charge is 2.11. The van der Waals surface area contributed by atoms with E-state index in [0.29, 0.717) is 18.2 Å². The SMILES string of the molecule is c1csc(-c2n[nH]c(CNc3nc(-c4ccncc4)nc4ccccc34)n2)c1. The van der Waals surface area contributed by atoms with E-state index in [9.17, 15) is 0 Å². The number of hydrogen-bond donors (Lipinski definition) is 2. The molecule has 4 heterocycles. The molecular formula is C20H15N7S. The number of hydrogen-bond acceptors (Lipinski definition) is 7. The van der Waals surface area contributed by atoms with Crippen LogP contribution < -0.4 is 5.32 Å². The summed E-state index contributed by atoms with van der Waals surface area (Å²) in [4.78, 5) is 19.1. The van der Waals surface area contributed by atoms with Crippen LogP contribution in [-0.2, 0) is 6.54 Å². The van der Waals surface area contributed by atoms with E-state index in [0.717, 1.165) is 33.0 Å². The molecule has 0 atom stereocenters. The summed E-state index contributed by atoms with van der Waals surface area (Å²) in [7, 11) is 0. The van der Waals surface area contributed by atoms with Gasteiger partial charge in [0.05, 0.1) is 16.9 Å². The predicted molar refractivity (Wildman–Crippen MR) is 110 cm³/mol. The largest absolute Gasteiger partial charge is 0.362 e. The van der Waals surface area contributed by atoms with Gasteiger partial charge in [0.1, 0.15) is 11.6 Å². The average Bonchev–Trinajstić information content (AvgIpc) is 3.44. The molecule has 8 heteroatoms. The number of pyridine rings is 1. The Bertz CT molecular complexity index is 1220. The van der Waals surface area contributed by atoms with Crippen LogP contribution in [0.2, 0.25) is 0 Å². The van der Waals surface area contributed by atoms with Gasteiger partial charge in [-0.2, -0.15) is 5.10 Å². The molecule has 0 unspecified atom stereocenters. The van der Waals surface area contributed by atoms with Crippen LogP contribution in [0.4, 0.5) is 5.82 Å². The third-order valence-electron chi connectivity index (χ3n) is 4.24. The van der Waals surface area contributed by atoms with Crippen molar-refractivity contribution in [3.8, 4) is 22.1 Å². The Labute approximate surface area is 164 Å². The number of anilines is 1. The smallest absolute Gasteiger partial charge is 0.191 e. The molecule has 136 valence electrons. The maximum Gasteiger partial charge on any atom is 0.191 e. The number of nitrogens with zero attached hydrogens (tertiary/aromatic N) is 5. The molecule has 0 bridgehead atoms. The molecule has 0 saturated heterocycles. The summed E-state index contributed by atoms with van der Waals surface area (Å²) in [5, 5.41) is 13.6. The summed E-state index contributed by atoms with van der Waals surface area (Å²) in [6.07, 6.45) is 3.48. The minimum atomic E-state index is 0.481. The fourth-order valence-electron chi connectivity index (χ4n) is 2.90. The highest BCUT2D eigenvalue weighted by Crippen LogP contribution is 2.25. The van der Waals surface area contributed by atoms with E-state index in [1.54, 1.807) is 23.7 Å². The Morgan fingerprint density at radius 2 is 1.79 bits per heavy atom. The topological polar surface area (TPSA) is 92.3 Å². The van der Waals surface area contributed by atoms with E-state index in [4.69, 9.17) is 4.98 Å². The van der Waals surface area contributed by atoms with E-state index < -0.39 is 0 Å². The lowest BCUT2D eigenvalue weighted by atomic mass is 10.2. The monoisotopic (exact) mass is 385 g/mol. The average molecular weight is 385 g/mol. The van der Waals surface area contributed by atoms with Gasteiger partial charge in [-0.25, -0.2) is 15.0 Å². The lowest BCUT2D eigenvalue weighted by Gasteiger charge is -2.10. The van der Waals surface area contributed by atoms with E-state index in [-0.39, 0.29) is 0 Å². The van der Waals surface area contributed by atoms with Gasteiger partial charge in [0, 0.05) is 23.3 Å². The Balaban J connectivity index is 1.46. The van der Waals surface area contributed by atoms with Crippen molar-refractivity contribution in [2.24, 2.45) is 0 Å². The molecule has 2 N–H and O–H groups in total. The molecule has 0 fully saturated rings. The van der Waals surface area contributed by atoms with E-state index in [2.05, 4.69) is 30.5 Å². The number of para-hydroxylation sites is 1. The molecule has 1 aromatic carbocycles. The van der Waals surface area contributed by atoms with Crippen molar-refractivity contribution in [3.05, 3.63) is 72.1 Å². The zero-order valence-electron chi connectivity index (χ0n) is 14.7. The molecule has 0 aliphatic rings. The Kier molecular flexibility index (Phi) is 4.23. The fourth-order valence-corrected chi connectivity index (χ4v) is 3.56. The lowest BCUT2D eigenvalue weighted by molar-refractivity contribution is 0.948. The fraction of sp³-hybridized carbons (Fsp3) is 0.0500. The summed E-state index contributed by atoms with van der Waals surface area (Å²) >= 11 is 1.61. The second kappa shape index (κ2) is 7.16. The molecule has 0 spiro atoms. The summed E-state index contributed by atoms with van der Waals surface area (Å²) in [6.45, 7) is 0.481. The first-order valence-electron chi connectivity index (χ1n) is 8.73. The van der Waals surface area contributed by atoms with Crippen molar-refractivity contribution < 1.29 is 0 Å². The minimum Gasteiger partial charge on any atom is -0.362 e. The van der Waals surface area contributed by atoms with E-state index in [1.807, 2.05) is 53.9 Å². The second-order valence-corrected chi connectivity index (χ2v) is 7.03. The molecule has 0 amide bonds. The second-order valence-electron chi connectivity index (χ2n) is 6.09.